The van der Waals surface area contributed by atoms with Crippen molar-refractivity contribution in [1.29, 1.82) is 0 Å². The first-order valence-electron chi connectivity index (χ1n) is 7.22. The van der Waals surface area contributed by atoms with Crippen LogP contribution in [0.2, 0.25) is 0 Å². The summed E-state index contributed by atoms with van der Waals surface area (Å²) in [5.74, 6) is 0. The van der Waals surface area contributed by atoms with Crippen molar-refractivity contribution in [2.75, 3.05) is 19.7 Å². The van der Waals surface area contributed by atoms with E-state index in [4.69, 9.17) is 4.74 Å². The summed E-state index contributed by atoms with van der Waals surface area (Å²) >= 11 is 0. The van der Waals surface area contributed by atoms with Crippen molar-refractivity contribution < 1.29 is 22.7 Å². The smallest absolute Gasteiger partial charge is 0.416 e. The molecule has 2 heterocycles. The van der Waals surface area contributed by atoms with Gasteiger partial charge >= 0.3 is 12.3 Å². The maximum Gasteiger partial charge on any atom is 0.416 e. The molecule has 1 unspecified atom stereocenters. The van der Waals surface area contributed by atoms with E-state index in [1.807, 2.05) is 0 Å². The van der Waals surface area contributed by atoms with Crippen molar-refractivity contribution in [3.05, 3.63) is 35.4 Å². The molecule has 1 aromatic rings. The van der Waals surface area contributed by atoms with E-state index in [0.29, 0.717) is 12.1 Å². The SMILES string of the molecule is O=C1OCC2(CCCNC2)N1Cc1cccc(C(F)(F)F)c1. The number of piperidine rings is 1. The van der Waals surface area contributed by atoms with Gasteiger partial charge in [0, 0.05) is 13.1 Å². The fourth-order valence-electron chi connectivity index (χ4n) is 3.11. The summed E-state index contributed by atoms with van der Waals surface area (Å²) in [6.45, 7) is 1.91. The van der Waals surface area contributed by atoms with Gasteiger partial charge in [-0.15, -0.1) is 0 Å². The van der Waals surface area contributed by atoms with Gasteiger partial charge in [-0.3, -0.25) is 4.90 Å². The normalized spacial score (nSPS) is 25.6. The van der Waals surface area contributed by atoms with Crippen molar-refractivity contribution in [1.82, 2.24) is 10.2 Å². The van der Waals surface area contributed by atoms with Gasteiger partial charge in [0.05, 0.1) is 11.1 Å². The van der Waals surface area contributed by atoms with E-state index in [1.54, 1.807) is 11.0 Å². The minimum Gasteiger partial charge on any atom is -0.447 e. The highest BCUT2D eigenvalue weighted by molar-refractivity contribution is 5.71. The number of rotatable bonds is 2. The van der Waals surface area contributed by atoms with Crippen LogP contribution in [0.5, 0.6) is 0 Å². The van der Waals surface area contributed by atoms with Crippen molar-refractivity contribution >= 4 is 6.09 Å². The Balaban J connectivity index is 1.83. The molecule has 2 saturated heterocycles. The standard InChI is InChI=1S/C15H17F3N2O2/c16-15(17,18)12-4-1-3-11(7-12)8-20-13(21)22-10-14(20)5-2-6-19-9-14/h1,3-4,7,19H,2,5-6,8-10H2. The summed E-state index contributed by atoms with van der Waals surface area (Å²) in [5, 5.41) is 3.24. The zero-order valence-electron chi connectivity index (χ0n) is 11.9. The van der Waals surface area contributed by atoms with Crippen molar-refractivity contribution in [3.8, 4) is 0 Å². The number of hydrogen-bond donors (Lipinski definition) is 1. The lowest BCUT2D eigenvalue weighted by Gasteiger charge is -2.38. The number of carbonyl (C=O) groups excluding carboxylic acids is 1. The Labute approximate surface area is 126 Å². The molecule has 2 aliphatic heterocycles. The quantitative estimate of drug-likeness (QED) is 0.913. The van der Waals surface area contributed by atoms with Gasteiger partial charge in [0.25, 0.3) is 0 Å². The van der Waals surface area contributed by atoms with Gasteiger partial charge in [0.2, 0.25) is 0 Å². The molecule has 0 saturated carbocycles. The molecule has 0 bridgehead atoms. The summed E-state index contributed by atoms with van der Waals surface area (Å²) in [5.41, 5.74) is -0.684. The molecular weight excluding hydrogens is 297 g/mol. The number of nitrogens with zero attached hydrogens (tertiary/aromatic N) is 1. The predicted molar refractivity (Wildman–Crippen MR) is 73.2 cm³/mol. The van der Waals surface area contributed by atoms with Crippen LogP contribution in [0, 0.1) is 0 Å². The van der Waals surface area contributed by atoms with E-state index in [9.17, 15) is 18.0 Å². The lowest BCUT2D eigenvalue weighted by Crippen LogP contribution is -2.56. The van der Waals surface area contributed by atoms with Crippen molar-refractivity contribution in [2.24, 2.45) is 0 Å². The minimum absolute atomic E-state index is 0.129. The van der Waals surface area contributed by atoms with Crippen LogP contribution in [0.15, 0.2) is 24.3 Å². The second-order valence-corrected chi connectivity index (χ2v) is 5.84. The fraction of sp³-hybridized carbons (Fsp3) is 0.533. The van der Waals surface area contributed by atoms with Crippen molar-refractivity contribution in [2.45, 2.75) is 31.1 Å². The van der Waals surface area contributed by atoms with Gasteiger partial charge in [-0.05, 0) is 37.1 Å². The molecule has 1 amide bonds. The van der Waals surface area contributed by atoms with Crippen LogP contribution in [0.25, 0.3) is 0 Å². The molecule has 1 spiro atoms. The Kier molecular flexibility index (Phi) is 3.76. The van der Waals surface area contributed by atoms with Gasteiger partial charge < -0.3 is 10.1 Å². The highest BCUT2D eigenvalue weighted by Crippen LogP contribution is 2.34. The zero-order chi connectivity index (χ0) is 15.8. The van der Waals surface area contributed by atoms with Crippen LogP contribution in [0.4, 0.5) is 18.0 Å². The Morgan fingerprint density at radius 2 is 2.18 bits per heavy atom. The highest BCUT2D eigenvalue weighted by Gasteiger charge is 2.47. The fourth-order valence-corrected chi connectivity index (χ4v) is 3.11. The molecule has 1 N–H and O–H groups in total. The Morgan fingerprint density at radius 1 is 1.36 bits per heavy atom. The zero-order valence-corrected chi connectivity index (χ0v) is 11.9. The van der Waals surface area contributed by atoms with Crippen LogP contribution in [0.1, 0.15) is 24.0 Å². The second-order valence-electron chi connectivity index (χ2n) is 5.84. The van der Waals surface area contributed by atoms with Crippen LogP contribution < -0.4 is 5.32 Å². The third-order valence-electron chi connectivity index (χ3n) is 4.30. The molecule has 0 aromatic heterocycles. The minimum atomic E-state index is -4.38. The molecule has 4 nitrogen and oxygen atoms in total. The summed E-state index contributed by atoms with van der Waals surface area (Å²) in [4.78, 5) is 13.6. The molecule has 3 rings (SSSR count). The summed E-state index contributed by atoms with van der Waals surface area (Å²) in [6.07, 6.45) is -3.13. The number of nitrogens with one attached hydrogen (secondary N) is 1. The molecule has 0 radical (unpaired) electrons. The number of carbonyl (C=O) groups is 1. The largest absolute Gasteiger partial charge is 0.447 e. The van der Waals surface area contributed by atoms with E-state index < -0.39 is 23.4 Å². The molecular formula is C15H17F3N2O2. The molecule has 22 heavy (non-hydrogen) atoms. The lowest BCUT2D eigenvalue weighted by atomic mass is 9.89. The number of ether oxygens (including phenoxy) is 1. The number of halogens is 3. The first-order valence-corrected chi connectivity index (χ1v) is 7.22. The van der Waals surface area contributed by atoms with E-state index in [-0.39, 0.29) is 13.2 Å². The molecule has 1 atom stereocenters. The van der Waals surface area contributed by atoms with E-state index in [1.165, 1.54) is 6.07 Å². The maximum atomic E-state index is 12.8. The average molecular weight is 314 g/mol. The third-order valence-corrected chi connectivity index (χ3v) is 4.30. The van der Waals surface area contributed by atoms with Crippen LogP contribution in [-0.2, 0) is 17.5 Å². The maximum absolute atomic E-state index is 12.8. The molecule has 7 heteroatoms. The Hall–Kier alpha value is -1.76. The molecule has 2 fully saturated rings. The monoisotopic (exact) mass is 314 g/mol. The summed E-state index contributed by atoms with van der Waals surface area (Å²) < 4.78 is 43.5. The summed E-state index contributed by atoms with van der Waals surface area (Å²) in [6, 6.07) is 5.09. The molecule has 0 aliphatic carbocycles. The topological polar surface area (TPSA) is 41.6 Å². The Morgan fingerprint density at radius 3 is 2.86 bits per heavy atom. The van der Waals surface area contributed by atoms with E-state index >= 15 is 0 Å². The second kappa shape index (κ2) is 5.46. The lowest BCUT2D eigenvalue weighted by molar-refractivity contribution is -0.137. The van der Waals surface area contributed by atoms with Crippen LogP contribution in [0.3, 0.4) is 0 Å². The van der Waals surface area contributed by atoms with Gasteiger partial charge in [0.1, 0.15) is 6.61 Å². The first-order chi connectivity index (χ1) is 10.4. The van der Waals surface area contributed by atoms with Gasteiger partial charge in [0.15, 0.2) is 0 Å². The average Bonchev–Trinajstić information content (AvgIpc) is 2.77. The molecule has 2 aliphatic rings. The van der Waals surface area contributed by atoms with Gasteiger partial charge in [-0.2, -0.15) is 13.2 Å². The molecule has 120 valence electrons. The third kappa shape index (κ3) is 2.77. The molecule has 1 aromatic carbocycles. The number of amides is 1. The number of hydrogen-bond acceptors (Lipinski definition) is 3. The van der Waals surface area contributed by atoms with Gasteiger partial charge in [-0.25, -0.2) is 4.79 Å². The van der Waals surface area contributed by atoms with Crippen LogP contribution >= 0.6 is 0 Å². The highest BCUT2D eigenvalue weighted by atomic mass is 19.4. The van der Waals surface area contributed by atoms with Crippen LogP contribution in [-0.4, -0.2) is 36.2 Å². The van der Waals surface area contributed by atoms with Crippen molar-refractivity contribution in [3.63, 3.8) is 0 Å². The first kappa shape index (κ1) is 15.1. The summed E-state index contributed by atoms with van der Waals surface area (Å²) in [7, 11) is 0. The number of benzene rings is 1. The Bertz CT molecular complexity index is 568. The van der Waals surface area contributed by atoms with E-state index in [0.717, 1.165) is 31.5 Å². The predicted octanol–water partition coefficient (Wildman–Crippen LogP) is 2.78. The number of alkyl halides is 3. The van der Waals surface area contributed by atoms with E-state index in [2.05, 4.69) is 5.32 Å². The van der Waals surface area contributed by atoms with Gasteiger partial charge in [-0.1, -0.05) is 12.1 Å². The number of cyclic esters (lactones) is 1.